The Morgan fingerprint density at radius 2 is 1.91 bits per heavy atom. The largest absolute Gasteiger partial charge is 0.456 e. The fourth-order valence-electron chi connectivity index (χ4n) is 1.36. The minimum Gasteiger partial charge on any atom is -0.456 e. The highest BCUT2D eigenvalue weighted by Crippen LogP contribution is 2.19. The van der Waals surface area contributed by atoms with Crippen LogP contribution in [0.15, 0.2) is 0 Å². The number of carbonyl (C=O) groups is 1. The lowest BCUT2D eigenvalue weighted by atomic mass is 9.98. The highest BCUT2D eigenvalue weighted by molar-refractivity contribution is 6.20. The molecule has 1 aliphatic rings. The van der Waals surface area contributed by atoms with Crippen molar-refractivity contribution in [2.75, 3.05) is 0 Å². The summed E-state index contributed by atoms with van der Waals surface area (Å²) in [7, 11) is 0. The maximum absolute atomic E-state index is 10.4. The summed E-state index contributed by atoms with van der Waals surface area (Å²) in [5, 5.41) is 0. The number of carbonyl (C=O) groups excluding carboxylic acids is 2. The number of ether oxygens (including phenoxy) is 1. The summed E-state index contributed by atoms with van der Waals surface area (Å²) in [5.41, 5.74) is 0. The average Bonchev–Trinajstić information content (AvgIpc) is 2.06. The van der Waals surface area contributed by atoms with Crippen LogP contribution in [0.3, 0.4) is 0 Å². The molecular weight excluding hydrogens is 144 g/mol. The first-order valence-corrected chi connectivity index (χ1v) is 3.91. The maximum atomic E-state index is 10.4. The van der Waals surface area contributed by atoms with Gasteiger partial charge in [-0.2, -0.15) is 0 Å². The molecule has 0 aromatic rings. The van der Waals surface area contributed by atoms with E-state index in [2.05, 4.69) is 0 Å². The van der Waals surface area contributed by atoms with Crippen molar-refractivity contribution in [1.82, 2.24) is 0 Å². The van der Waals surface area contributed by atoms with E-state index in [1.165, 1.54) is 12.7 Å². The van der Waals surface area contributed by atoms with E-state index < -0.39 is 5.97 Å². The Labute approximate surface area is 65.7 Å². The third kappa shape index (κ3) is 2.70. The van der Waals surface area contributed by atoms with Gasteiger partial charge in [0.2, 0.25) is 0 Å². The first kappa shape index (κ1) is 8.24. The zero-order valence-corrected chi connectivity index (χ0v) is 6.34. The molecule has 61 valence electrons. The van der Waals surface area contributed by atoms with Crippen molar-refractivity contribution in [3.05, 3.63) is 0 Å². The van der Waals surface area contributed by atoms with Gasteiger partial charge in [-0.3, -0.25) is 4.79 Å². The highest BCUT2D eigenvalue weighted by Gasteiger charge is 2.17. The van der Waals surface area contributed by atoms with Gasteiger partial charge in [0.1, 0.15) is 6.10 Å². The van der Waals surface area contributed by atoms with Crippen LogP contribution < -0.4 is 0 Å². The normalized spacial score (nSPS) is 19.3. The number of hydrogen-bond acceptors (Lipinski definition) is 3. The number of rotatable bonds is 2. The fourth-order valence-corrected chi connectivity index (χ4v) is 1.36. The summed E-state index contributed by atoms with van der Waals surface area (Å²) in [6, 6.07) is 0. The van der Waals surface area contributed by atoms with Gasteiger partial charge in [0.05, 0.1) is 0 Å². The quantitative estimate of drug-likeness (QED) is 0.441. The summed E-state index contributed by atoms with van der Waals surface area (Å²) < 4.78 is 4.78. The minimum atomic E-state index is -0.850. The molecule has 3 nitrogen and oxygen atoms in total. The van der Waals surface area contributed by atoms with Crippen molar-refractivity contribution >= 4 is 12.3 Å². The van der Waals surface area contributed by atoms with Gasteiger partial charge in [-0.25, -0.2) is 4.79 Å². The molecule has 1 aliphatic carbocycles. The molecule has 11 heavy (non-hydrogen) atoms. The van der Waals surface area contributed by atoms with Crippen LogP contribution in [0.25, 0.3) is 0 Å². The molecule has 0 heterocycles. The van der Waals surface area contributed by atoms with Crippen LogP contribution in [0.5, 0.6) is 0 Å². The first-order valence-electron chi connectivity index (χ1n) is 3.91. The van der Waals surface area contributed by atoms with Crippen molar-refractivity contribution in [2.24, 2.45) is 0 Å². The van der Waals surface area contributed by atoms with Crippen LogP contribution in [0.4, 0.5) is 0 Å². The molecule has 1 saturated carbocycles. The van der Waals surface area contributed by atoms with Crippen molar-refractivity contribution in [2.45, 2.75) is 38.2 Å². The lowest BCUT2D eigenvalue weighted by molar-refractivity contribution is -0.142. The van der Waals surface area contributed by atoms with E-state index in [-0.39, 0.29) is 6.10 Å². The van der Waals surface area contributed by atoms with Gasteiger partial charge < -0.3 is 4.74 Å². The van der Waals surface area contributed by atoms with E-state index in [0.717, 1.165) is 25.7 Å². The Hall–Kier alpha value is -0.860. The van der Waals surface area contributed by atoms with Crippen LogP contribution >= 0.6 is 0 Å². The molecule has 0 amide bonds. The lowest BCUT2D eigenvalue weighted by Gasteiger charge is -2.20. The topological polar surface area (TPSA) is 43.4 Å². The maximum Gasteiger partial charge on any atom is 0.383 e. The van der Waals surface area contributed by atoms with E-state index in [1.807, 2.05) is 0 Å². The molecule has 1 rings (SSSR count). The Bertz CT molecular complexity index is 147. The van der Waals surface area contributed by atoms with Gasteiger partial charge >= 0.3 is 12.3 Å². The van der Waals surface area contributed by atoms with Gasteiger partial charge in [0.15, 0.2) is 0 Å². The van der Waals surface area contributed by atoms with Gasteiger partial charge in [-0.1, -0.05) is 6.42 Å². The molecule has 0 atom stereocenters. The Kier molecular flexibility index (Phi) is 3.08. The van der Waals surface area contributed by atoms with E-state index in [0.29, 0.717) is 0 Å². The molecule has 0 N–H and O–H groups in total. The van der Waals surface area contributed by atoms with Gasteiger partial charge in [-0.05, 0) is 25.7 Å². The second kappa shape index (κ2) is 4.11. The summed E-state index contributed by atoms with van der Waals surface area (Å²) in [5.74, 6) is -0.850. The second-order valence-electron chi connectivity index (χ2n) is 2.77. The Balaban J connectivity index is 2.24. The van der Waals surface area contributed by atoms with E-state index >= 15 is 0 Å². The van der Waals surface area contributed by atoms with Crippen LogP contribution in [-0.2, 0) is 14.3 Å². The van der Waals surface area contributed by atoms with Crippen LogP contribution in [0, 0.1) is 0 Å². The lowest BCUT2D eigenvalue weighted by Crippen LogP contribution is -2.21. The third-order valence-corrected chi connectivity index (χ3v) is 1.91. The predicted molar refractivity (Wildman–Crippen MR) is 38.7 cm³/mol. The molecule has 0 aromatic heterocycles. The zero-order valence-electron chi connectivity index (χ0n) is 6.34. The molecule has 0 bridgehead atoms. The molecule has 0 aliphatic heterocycles. The van der Waals surface area contributed by atoms with E-state index in [1.54, 1.807) is 0 Å². The smallest absolute Gasteiger partial charge is 0.383 e. The van der Waals surface area contributed by atoms with Gasteiger partial charge in [0.25, 0.3) is 0 Å². The molecule has 3 heteroatoms. The zero-order chi connectivity index (χ0) is 8.10. The second-order valence-corrected chi connectivity index (χ2v) is 2.77. The molecule has 0 aromatic carbocycles. The van der Waals surface area contributed by atoms with Gasteiger partial charge in [0, 0.05) is 0 Å². The molecule has 0 saturated heterocycles. The molecular formula is C8H11O3. The molecule has 1 fully saturated rings. The monoisotopic (exact) mass is 155 g/mol. The Morgan fingerprint density at radius 3 is 2.45 bits per heavy atom. The average molecular weight is 155 g/mol. The van der Waals surface area contributed by atoms with Crippen molar-refractivity contribution in [3.8, 4) is 0 Å². The SMILES string of the molecule is O=[C]C(=O)OC1CCCCC1. The molecule has 0 spiro atoms. The standard InChI is InChI=1S/C8H11O3/c9-6-8(10)11-7-4-2-1-3-5-7/h7H,1-5H2. The van der Waals surface area contributed by atoms with Crippen LogP contribution in [0.1, 0.15) is 32.1 Å². The van der Waals surface area contributed by atoms with E-state index in [4.69, 9.17) is 4.74 Å². The van der Waals surface area contributed by atoms with Gasteiger partial charge in [-0.15, -0.1) is 0 Å². The third-order valence-electron chi connectivity index (χ3n) is 1.91. The fraction of sp³-hybridized carbons (Fsp3) is 0.750. The molecule has 0 unspecified atom stereocenters. The highest BCUT2D eigenvalue weighted by atomic mass is 16.5. The summed E-state index contributed by atoms with van der Waals surface area (Å²) in [6.07, 6.45) is 6.36. The first-order chi connectivity index (χ1) is 5.33. The van der Waals surface area contributed by atoms with Crippen molar-refractivity contribution < 1.29 is 14.3 Å². The summed E-state index contributed by atoms with van der Waals surface area (Å²) in [4.78, 5) is 20.2. The molecule has 1 radical (unpaired) electrons. The van der Waals surface area contributed by atoms with Crippen molar-refractivity contribution in [1.29, 1.82) is 0 Å². The number of esters is 1. The van der Waals surface area contributed by atoms with Crippen molar-refractivity contribution in [3.63, 3.8) is 0 Å². The van der Waals surface area contributed by atoms with E-state index in [9.17, 15) is 9.59 Å². The van der Waals surface area contributed by atoms with Crippen LogP contribution in [0.2, 0.25) is 0 Å². The van der Waals surface area contributed by atoms with Crippen LogP contribution in [-0.4, -0.2) is 18.4 Å². The minimum absolute atomic E-state index is 0.0299. The number of hydrogen-bond donors (Lipinski definition) is 0. The Morgan fingerprint density at radius 1 is 1.27 bits per heavy atom. The predicted octanol–water partition coefficient (Wildman–Crippen LogP) is 0.972. The summed E-state index contributed by atoms with van der Waals surface area (Å²) in [6.45, 7) is 0. The summed E-state index contributed by atoms with van der Waals surface area (Å²) >= 11 is 0.